The third-order valence-electron chi connectivity index (χ3n) is 6.65. The lowest BCUT2D eigenvalue weighted by atomic mass is 9.63. The van der Waals surface area contributed by atoms with Gasteiger partial charge in [-0.1, -0.05) is 33.6 Å². The van der Waals surface area contributed by atoms with Crippen LogP contribution in [0.2, 0.25) is 0 Å². The van der Waals surface area contributed by atoms with Crippen LogP contribution in [0.1, 0.15) is 62.4 Å². The van der Waals surface area contributed by atoms with Gasteiger partial charge in [-0.2, -0.15) is 5.10 Å². The van der Waals surface area contributed by atoms with Crippen LogP contribution >= 0.6 is 0 Å². The van der Waals surface area contributed by atoms with Crippen LogP contribution in [-0.2, 0) is 13.6 Å². The first kappa shape index (κ1) is 21.1. The fourth-order valence-electron chi connectivity index (χ4n) is 5.05. The Labute approximate surface area is 181 Å². The summed E-state index contributed by atoms with van der Waals surface area (Å²) >= 11 is 0. The van der Waals surface area contributed by atoms with Crippen molar-refractivity contribution in [3.8, 4) is 11.3 Å². The third-order valence-corrected chi connectivity index (χ3v) is 6.65. The Bertz CT molecular complexity index is 1020. The van der Waals surface area contributed by atoms with E-state index in [0.717, 1.165) is 36.8 Å². The van der Waals surface area contributed by atoms with Crippen molar-refractivity contribution in [2.75, 3.05) is 5.32 Å². The quantitative estimate of drug-likeness (QED) is 0.596. The summed E-state index contributed by atoms with van der Waals surface area (Å²) in [6.45, 7) is 6.66. The molecule has 31 heavy (non-hydrogen) atoms. The molecule has 2 aromatic rings. The number of pyridine rings is 1. The molecule has 2 unspecified atom stereocenters. The lowest BCUT2D eigenvalue weighted by molar-refractivity contribution is 0.0720. The largest absolute Gasteiger partial charge is 0.465 e. The predicted octanol–water partition coefficient (Wildman–Crippen LogP) is 3.13. The summed E-state index contributed by atoms with van der Waals surface area (Å²) in [6, 6.07) is 1.77. The lowest BCUT2D eigenvalue weighted by Gasteiger charge is -2.52. The molecule has 0 radical (unpaired) electrons. The predicted molar refractivity (Wildman–Crippen MR) is 117 cm³/mol. The second kappa shape index (κ2) is 7.55. The highest BCUT2D eigenvalue weighted by Crippen LogP contribution is 2.43. The maximum Gasteiger partial charge on any atom is 0.405 e. The van der Waals surface area contributed by atoms with Gasteiger partial charge in [0.1, 0.15) is 5.82 Å². The molecule has 4 N–H and O–H groups in total. The van der Waals surface area contributed by atoms with Crippen molar-refractivity contribution in [2.45, 2.75) is 64.6 Å². The van der Waals surface area contributed by atoms with Crippen LogP contribution in [0.4, 0.5) is 10.6 Å². The molecule has 9 nitrogen and oxygen atoms in total. The zero-order chi connectivity index (χ0) is 22.4. The zero-order valence-electron chi connectivity index (χ0n) is 18.5. The number of nitrogens with zero attached hydrogens (tertiary/aromatic N) is 3. The van der Waals surface area contributed by atoms with Crippen LogP contribution in [0.3, 0.4) is 0 Å². The molecule has 3 heterocycles. The number of hydrogen-bond acceptors (Lipinski definition) is 5. The van der Waals surface area contributed by atoms with E-state index < -0.39 is 11.6 Å². The molecule has 0 aromatic carbocycles. The van der Waals surface area contributed by atoms with Crippen molar-refractivity contribution in [3.63, 3.8) is 0 Å². The van der Waals surface area contributed by atoms with Gasteiger partial charge in [0, 0.05) is 25.4 Å². The number of amides is 2. The fraction of sp³-hybridized carbons (Fsp3) is 0.545. The van der Waals surface area contributed by atoms with Gasteiger partial charge in [-0.25, -0.2) is 9.78 Å². The number of rotatable bonds is 4. The Morgan fingerprint density at radius 2 is 2.13 bits per heavy atom. The maximum atomic E-state index is 12.4. The molecule has 2 aliphatic rings. The molecule has 1 saturated carbocycles. The third kappa shape index (κ3) is 3.73. The molecule has 2 amide bonds. The number of nitrogens with one attached hydrogen (secondary N) is 3. The summed E-state index contributed by atoms with van der Waals surface area (Å²) in [5, 5.41) is 23.1. The number of fused-ring (bicyclic) bond motifs is 1. The van der Waals surface area contributed by atoms with Gasteiger partial charge < -0.3 is 21.1 Å². The molecule has 2 atom stereocenters. The van der Waals surface area contributed by atoms with E-state index >= 15 is 0 Å². The second-order valence-corrected chi connectivity index (χ2v) is 9.57. The fourth-order valence-corrected chi connectivity index (χ4v) is 5.05. The molecule has 1 aliphatic carbocycles. The smallest absolute Gasteiger partial charge is 0.405 e. The van der Waals surface area contributed by atoms with Crippen LogP contribution in [0.15, 0.2) is 18.5 Å². The molecule has 9 heteroatoms. The molecule has 0 spiro atoms. The monoisotopic (exact) mass is 426 g/mol. The standard InChI is InChI=1S/C22H30N6O3/c1-21(2,3)22(27-20(30)31)8-6-5-7-15(22)25-16-9-13-10-23-19(29)17(13)18(26-16)14-11-24-28(4)12-14/h9,11-12,15,27H,5-8,10H2,1-4H3,(H,23,29)(H,25,26)(H,30,31). The van der Waals surface area contributed by atoms with Crippen LogP contribution in [0, 0.1) is 5.41 Å². The summed E-state index contributed by atoms with van der Waals surface area (Å²) in [5.41, 5.74) is 1.88. The topological polar surface area (TPSA) is 121 Å². The summed E-state index contributed by atoms with van der Waals surface area (Å²) in [6.07, 6.45) is 6.07. The van der Waals surface area contributed by atoms with Gasteiger partial charge in [0.25, 0.3) is 5.91 Å². The first-order valence-electron chi connectivity index (χ1n) is 10.7. The van der Waals surface area contributed by atoms with E-state index in [-0.39, 0.29) is 17.4 Å². The van der Waals surface area contributed by atoms with Crippen molar-refractivity contribution >= 4 is 17.8 Å². The lowest BCUT2D eigenvalue weighted by Crippen LogP contribution is -2.67. The zero-order valence-corrected chi connectivity index (χ0v) is 18.5. The minimum atomic E-state index is -1.02. The first-order chi connectivity index (χ1) is 14.6. The highest BCUT2D eigenvalue weighted by molar-refractivity contribution is 6.04. The van der Waals surface area contributed by atoms with Crippen LogP contribution in [0.25, 0.3) is 11.3 Å². The molecular weight excluding hydrogens is 396 g/mol. The van der Waals surface area contributed by atoms with Gasteiger partial charge in [0.2, 0.25) is 0 Å². The number of hydrogen-bond donors (Lipinski definition) is 4. The first-order valence-corrected chi connectivity index (χ1v) is 10.7. The number of anilines is 1. The molecular formula is C22H30N6O3. The maximum absolute atomic E-state index is 12.4. The minimum absolute atomic E-state index is 0.130. The minimum Gasteiger partial charge on any atom is -0.465 e. The summed E-state index contributed by atoms with van der Waals surface area (Å²) in [5.74, 6) is 0.504. The Kier molecular flexibility index (Phi) is 5.15. The average molecular weight is 427 g/mol. The Balaban J connectivity index is 1.76. The molecule has 0 saturated heterocycles. The van der Waals surface area contributed by atoms with Crippen molar-refractivity contribution < 1.29 is 14.7 Å². The van der Waals surface area contributed by atoms with Crippen LogP contribution in [0.5, 0.6) is 0 Å². The van der Waals surface area contributed by atoms with Gasteiger partial charge in [-0.05, 0) is 29.9 Å². The normalized spacial score (nSPS) is 23.2. The molecule has 0 bridgehead atoms. The van der Waals surface area contributed by atoms with E-state index in [4.69, 9.17) is 4.98 Å². The van der Waals surface area contributed by atoms with Crippen molar-refractivity contribution in [1.29, 1.82) is 0 Å². The highest BCUT2D eigenvalue weighted by atomic mass is 16.4. The van der Waals surface area contributed by atoms with E-state index in [2.05, 4.69) is 41.8 Å². The number of carbonyl (C=O) groups is 2. The van der Waals surface area contributed by atoms with E-state index in [0.29, 0.717) is 23.6 Å². The Morgan fingerprint density at radius 3 is 2.77 bits per heavy atom. The van der Waals surface area contributed by atoms with Gasteiger partial charge in [-0.3, -0.25) is 9.48 Å². The number of carboxylic acid groups (broad SMARTS) is 1. The van der Waals surface area contributed by atoms with E-state index in [1.165, 1.54) is 0 Å². The Hall–Kier alpha value is -3.10. The number of aryl methyl sites for hydroxylation is 1. The molecule has 4 rings (SSSR count). The number of carbonyl (C=O) groups excluding carboxylic acids is 1. The Morgan fingerprint density at radius 1 is 1.35 bits per heavy atom. The van der Waals surface area contributed by atoms with Crippen LogP contribution in [-0.4, -0.2) is 43.5 Å². The van der Waals surface area contributed by atoms with Gasteiger partial charge >= 0.3 is 6.09 Å². The highest BCUT2D eigenvalue weighted by Gasteiger charge is 2.50. The SMILES string of the molecule is Cn1cc(-c2nc(NC3CCCCC3(NC(=O)O)C(C)(C)C)cc3c2C(=O)NC3)cn1. The van der Waals surface area contributed by atoms with Gasteiger partial charge in [0.15, 0.2) is 0 Å². The number of aromatic nitrogens is 3. The molecule has 166 valence electrons. The average Bonchev–Trinajstić information content (AvgIpc) is 3.27. The summed E-state index contributed by atoms with van der Waals surface area (Å²) < 4.78 is 1.68. The van der Waals surface area contributed by atoms with Gasteiger partial charge in [0.05, 0.1) is 29.0 Å². The van der Waals surface area contributed by atoms with E-state index in [1.807, 2.05) is 19.3 Å². The molecule has 2 aromatic heterocycles. The molecule has 1 aliphatic heterocycles. The van der Waals surface area contributed by atoms with Crippen molar-refractivity contribution in [2.24, 2.45) is 12.5 Å². The second-order valence-electron chi connectivity index (χ2n) is 9.57. The van der Waals surface area contributed by atoms with Crippen molar-refractivity contribution in [1.82, 2.24) is 25.4 Å². The van der Waals surface area contributed by atoms with E-state index in [9.17, 15) is 14.7 Å². The van der Waals surface area contributed by atoms with Crippen LogP contribution < -0.4 is 16.0 Å². The van der Waals surface area contributed by atoms with Gasteiger partial charge in [-0.15, -0.1) is 0 Å². The van der Waals surface area contributed by atoms with Crippen molar-refractivity contribution in [3.05, 3.63) is 29.6 Å². The molecule has 1 fully saturated rings. The summed E-state index contributed by atoms with van der Waals surface area (Å²) in [4.78, 5) is 29.0. The summed E-state index contributed by atoms with van der Waals surface area (Å²) in [7, 11) is 1.82. The van der Waals surface area contributed by atoms with E-state index in [1.54, 1.807) is 10.9 Å².